The third kappa shape index (κ3) is 6.16. The fraction of sp³-hybridized carbons (Fsp3) is 0.100. The number of hydrogen-bond donors (Lipinski definition) is 0. The summed E-state index contributed by atoms with van der Waals surface area (Å²) in [5.74, 6) is 0.854. The van der Waals surface area contributed by atoms with Crippen molar-refractivity contribution in [3.63, 3.8) is 0 Å². The number of furan rings is 1. The van der Waals surface area contributed by atoms with Crippen LogP contribution in [-0.2, 0) is 0 Å². The molecule has 12 rings (SSSR count). The number of anilines is 6. The number of benzene rings is 10. The lowest BCUT2D eigenvalue weighted by Crippen LogP contribution is -2.12. The molecule has 0 atom stereocenters. The van der Waals surface area contributed by atoms with Crippen LogP contribution in [0.5, 0.6) is 0 Å². The smallest absolute Gasteiger partial charge is 0.159 e. The predicted molar refractivity (Wildman–Crippen MR) is 277 cm³/mol. The first kappa shape index (κ1) is 38.3. The van der Waals surface area contributed by atoms with E-state index < -0.39 is 0 Å². The van der Waals surface area contributed by atoms with E-state index in [4.69, 9.17) is 4.42 Å². The van der Waals surface area contributed by atoms with Crippen LogP contribution in [0, 0.1) is 0 Å². The summed E-state index contributed by atoms with van der Waals surface area (Å²) in [7, 11) is 0. The van der Waals surface area contributed by atoms with Gasteiger partial charge >= 0.3 is 0 Å². The van der Waals surface area contributed by atoms with E-state index >= 15 is 0 Å². The number of para-hydroxylation sites is 2. The van der Waals surface area contributed by atoms with E-state index in [1.54, 1.807) is 0 Å². The average Bonchev–Trinajstić information content (AvgIpc) is 3.91. The molecule has 0 unspecified atom stereocenters. The van der Waals surface area contributed by atoms with Gasteiger partial charge in [0.05, 0.1) is 17.1 Å². The van der Waals surface area contributed by atoms with Crippen LogP contribution in [0.1, 0.15) is 50.7 Å². The van der Waals surface area contributed by atoms with Crippen molar-refractivity contribution in [1.29, 1.82) is 0 Å². The molecule has 0 saturated heterocycles. The van der Waals surface area contributed by atoms with Crippen molar-refractivity contribution in [3.8, 4) is 0 Å². The number of thiophene rings is 1. The summed E-state index contributed by atoms with van der Waals surface area (Å²) >= 11 is 1.86. The molecule has 10 aromatic carbocycles. The fourth-order valence-corrected chi connectivity index (χ4v) is 11.0. The van der Waals surface area contributed by atoms with E-state index in [9.17, 15) is 0 Å². The van der Waals surface area contributed by atoms with Gasteiger partial charge in [-0.25, -0.2) is 0 Å². The van der Waals surface area contributed by atoms with E-state index in [2.05, 4.69) is 226 Å². The predicted octanol–water partition coefficient (Wildman–Crippen LogP) is 18.6. The third-order valence-electron chi connectivity index (χ3n) is 13.2. The number of rotatable bonds is 8. The molecule has 0 aliphatic carbocycles. The molecule has 0 aliphatic rings. The van der Waals surface area contributed by atoms with Crippen molar-refractivity contribution in [2.75, 3.05) is 9.80 Å². The van der Waals surface area contributed by atoms with Crippen LogP contribution in [0.15, 0.2) is 199 Å². The van der Waals surface area contributed by atoms with Gasteiger partial charge < -0.3 is 14.2 Å². The molecular weight excluding hydrogens is 797 g/mol. The maximum Gasteiger partial charge on any atom is 0.159 e. The lowest BCUT2D eigenvalue weighted by molar-refractivity contribution is 0.669. The largest absolute Gasteiger partial charge is 0.454 e. The highest BCUT2D eigenvalue weighted by Gasteiger charge is 2.25. The topological polar surface area (TPSA) is 19.6 Å². The molecule has 0 bridgehead atoms. The van der Waals surface area contributed by atoms with Gasteiger partial charge in [0.25, 0.3) is 0 Å². The highest BCUT2D eigenvalue weighted by Crippen LogP contribution is 2.50. The number of nitrogens with zero attached hydrogens (tertiary/aromatic N) is 2. The Hall–Kier alpha value is -7.40. The van der Waals surface area contributed by atoms with Crippen LogP contribution >= 0.6 is 11.3 Å². The molecule has 4 heteroatoms. The Labute approximate surface area is 377 Å². The Balaban J connectivity index is 1.15. The summed E-state index contributed by atoms with van der Waals surface area (Å²) in [5.41, 5.74) is 11.0. The van der Waals surface area contributed by atoms with Gasteiger partial charge in [-0.05, 0) is 117 Å². The van der Waals surface area contributed by atoms with Crippen molar-refractivity contribution >= 4 is 120 Å². The van der Waals surface area contributed by atoms with Gasteiger partial charge in [-0.3, -0.25) is 0 Å². The highest BCUT2D eigenvalue weighted by atomic mass is 32.1. The van der Waals surface area contributed by atoms with Crippen molar-refractivity contribution in [2.24, 2.45) is 0 Å². The Morgan fingerprint density at radius 1 is 0.344 bits per heavy atom. The van der Waals surface area contributed by atoms with E-state index in [0.717, 1.165) is 61.4 Å². The molecule has 12 aromatic rings. The minimum Gasteiger partial charge on any atom is -0.454 e. The molecule has 2 aromatic heterocycles. The van der Waals surface area contributed by atoms with Gasteiger partial charge in [-0.1, -0.05) is 149 Å². The van der Waals surface area contributed by atoms with E-state index in [1.807, 2.05) is 17.4 Å². The summed E-state index contributed by atoms with van der Waals surface area (Å²) in [5, 5.41) is 11.9. The van der Waals surface area contributed by atoms with Crippen LogP contribution < -0.4 is 9.80 Å². The van der Waals surface area contributed by atoms with Crippen molar-refractivity contribution in [2.45, 2.75) is 39.5 Å². The molecule has 64 heavy (non-hydrogen) atoms. The molecule has 0 saturated carbocycles. The monoisotopic (exact) mass is 842 g/mol. The zero-order valence-electron chi connectivity index (χ0n) is 36.3. The Kier molecular flexibility index (Phi) is 9.06. The lowest BCUT2D eigenvalue weighted by atomic mass is 9.93. The summed E-state index contributed by atoms with van der Waals surface area (Å²) < 4.78 is 9.39. The molecule has 0 amide bonds. The molecule has 2 heterocycles. The first-order valence-electron chi connectivity index (χ1n) is 22.4. The maximum absolute atomic E-state index is 6.78. The van der Waals surface area contributed by atoms with Crippen LogP contribution in [0.25, 0.3) is 74.4 Å². The summed E-state index contributed by atoms with van der Waals surface area (Å²) in [4.78, 5) is 4.90. The van der Waals surface area contributed by atoms with Gasteiger partial charge in [0, 0.05) is 58.8 Å². The Bertz CT molecular complexity index is 3740. The lowest BCUT2D eigenvalue weighted by Gasteiger charge is -2.30. The van der Waals surface area contributed by atoms with Gasteiger partial charge in [0.1, 0.15) is 5.58 Å². The van der Waals surface area contributed by atoms with Crippen molar-refractivity contribution in [1.82, 2.24) is 0 Å². The minimum absolute atomic E-state index is 0.419. The molecule has 0 N–H and O–H groups in total. The summed E-state index contributed by atoms with van der Waals surface area (Å²) in [6.45, 7) is 9.03. The second-order valence-corrected chi connectivity index (χ2v) is 18.8. The second-order valence-electron chi connectivity index (χ2n) is 17.7. The molecule has 0 aliphatic heterocycles. The van der Waals surface area contributed by atoms with E-state index in [1.165, 1.54) is 58.2 Å². The molecule has 308 valence electrons. The van der Waals surface area contributed by atoms with Gasteiger partial charge in [0.15, 0.2) is 5.58 Å². The molecule has 0 fully saturated rings. The standard InChI is InChI=1S/C60H46N2OS/c1-37(2)39-24-28-41(29-25-39)61(43-32-33-59-53(34-43)49-19-10-12-23-58(49)64-59)55-35-51-45-15-6-8-17-47(45)56(36-52(51)44-14-5-7-16-46(44)55)62(42-30-26-40(27-31-42)38(3)4)54-21-13-20-50-48-18-9-11-22-57(48)63-60(50)54/h5-38H,1-4H3. The second kappa shape index (κ2) is 15.1. The number of fused-ring (bicyclic) bond motifs is 11. The summed E-state index contributed by atoms with van der Waals surface area (Å²) in [6, 6.07) is 71.7. The average molecular weight is 843 g/mol. The molecule has 3 nitrogen and oxygen atoms in total. The van der Waals surface area contributed by atoms with Gasteiger partial charge in [-0.2, -0.15) is 0 Å². The van der Waals surface area contributed by atoms with Crippen LogP contribution in [0.2, 0.25) is 0 Å². The Morgan fingerprint density at radius 3 is 1.45 bits per heavy atom. The SMILES string of the molecule is CC(C)c1ccc(N(c2ccc3sc4ccccc4c3c2)c2cc3c4ccccc4c(N(c4ccc(C(C)C)cc4)c4cccc5c4oc4ccccc45)cc3c3ccccc23)cc1. The first-order valence-corrected chi connectivity index (χ1v) is 23.2. The zero-order chi connectivity index (χ0) is 43.1. The number of hydrogen-bond acceptors (Lipinski definition) is 4. The molecular formula is C60H46N2OS. The minimum atomic E-state index is 0.419. The van der Waals surface area contributed by atoms with Gasteiger partial charge in [-0.15, -0.1) is 11.3 Å². The fourth-order valence-electron chi connectivity index (χ4n) is 9.90. The Morgan fingerprint density at radius 2 is 0.828 bits per heavy atom. The maximum atomic E-state index is 6.78. The van der Waals surface area contributed by atoms with Crippen LogP contribution in [0.3, 0.4) is 0 Å². The quantitative estimate of drug-likeness (QED) is 0.142. The summed E-state index contributed by atoms with van der Waals surface area (Å²) in [6.07, 6.45) is 0. The van der Waals surface area contributed by atoms with E-state index in [-0.39, 0.29) is 0 Å². The van der Waals surface area contributed by atoms with Crippen molar-refractivity contribution < 1.29 is 4.42 Å². The molecule has 0 spiro atoms. The first-order chi connectivity index (χ1) is 31.4. The highest BCUT2D eigenvalue weighted by molar-refractivity contribution is 7.25. The zero-order valence-corrected chi connectivity index (χ0v) is 37.2. The van der Waals surface area contributed by atoms with Crippen molar-refractivity contribution in [3.05, 3.63) is 205 Å². The van der Waals surface area contributed by atoms with Gasteiger partial charge in [0.2, 0.25) is 0 Å². The normalized spacial score (nSPS) is 12.0. The van der Waals surface area contributed by atoms with E-state index in [0.29, 0.717) is 11.8 Å². The van der Waals surface area contributed by atoms with Crippen LogP contribution in [0.4, 0.5) is 34.1 Å². The molecule has 0 radical (unpaired) electrons. The van der Waals surface area contributed by atoms with Crippen LogP contribution in [-0.4, -0.2) is 0 Å². The third-order valence-corrected chi connectivity index (χ3v) is 14.4.